The fourth-order valence-corrected chi connectivity index (χ4v) is 3.27. The number of carbonyl (C=O) groups excluding carboxylic acids is 2. The minimum Gasteiger partial charge on any atom is -0.508 e. The number of carbonyl (C=O) groups is 2. The average Bonchev–Trinajstić information content (AvgIpc) is 2.38. The van der Waals surface area contributed by atoms with Crippen LogP contribution in [0.2, 0.25) is 0 Å². The third kappa shape index (κ3) is 2.48. The Labute approximate surface area is 117 Å². The summed E-state index contributed by atoms with van der Waals surface area (Å²) in [6.45, 7) is 1.62. The Morgan fingerprint density at radius 1 is 1.10 bits per heavy atom. The molecule has 2 amide bonds. The van der Waals surface area contributed by atoms with Crippen molar-refractivity contribution >= 4 is 17.5 Å². The van der Waals surface area contributed by atoms with Gasteiger partial charge in [0.05, 0.1) is 0 Å². The maximum atomic E-state index is 11.6. The summed E-state index contributed by atoms with van der Waals surface area (Å²) in [5.74, 6) is -0.0332. The summed E-state index contributed by atoms with van der Waals surface area (Å²) in [5, 5.41) is 11.9. The van der Waals surface area contributed by atoms with E-state index in [1.165, 1.54) is 0 Å². The lowest BCUT2D eigenvalue weighted by Gasteiger charge is -2.43. The summed E-state index contributed by atoms with van der Waals surface area (Å²) in [5.41, 5.74) is 0.832. The molecule has 0 unspecified atom stereocenters. The smallest absolute Gasteiger partial charge is 0.227 e. The van der Waals surface area contributed by atoms with Crippen LogP contribution < -0.4 is 10.2 Å². The summed E-state index contributed by atoms with van der Waals surface area (Å²) in [4.78, 5) is 25.3. The van der Waals surface area contributed by atoms with E-state index in [-0.39, 0.29) is 23.0 Å². The molecule has 106 valence electrons. The van der Waals surface area contributed by atoms with Crippen LogP contribution in [0.3, 0.4) is 0 Å². The fraction of sp³-hybridized carbons (Fsp3) is 0.467. The van der Waals surface area contributed by atoms with Gasteiger partial charge in [-0.15, -0.1) is 0 Å². The molecule has 0 aromatic heterocycles. The molecule has 1 spiro atoms. The molecule has 0 aliphatic carbocycles. The van der Waals surface area contributed by atoms with Crippen LogP contribution in [0.4, 0.5) is 5.69 Å². The molecule has 1 aromatic carbocycles. The maximum absolute atomic E-state index is 11.6. The lowest BCUT2D eigenvalue weighted by atomic mass is 9.71. The van der Waals surface area contributed by atoms with Crippen LogP contribution >= 0.6 is 0 Å². The molecule has 0 atom stereocenters. The van der Waals surface area contributed by atoms with Gasteiger partial charge < -0.3 is 10.0 Å². The number of amides is 2. The molecule has 1 aromatic rings. The maximum Gasteiger partial charge on any atom is 0.227 e. The van der Waals surface area contributed by atoms with Gasteiger partial charge in [-0.3, -0.25) is 14.9 Å². The molecular weight excluding hydrogens is 256 g/mol. The number of phenols is 1. The minimum atomic E-state index is -0.160. The highest BCUT2D eigenvalue weighted by Crippen LogP contribution is 2.41. The van der Waals surface area contributed by atoms with E-state index in [2.05, 4.69) is 10.2 Å². The van der Waals surface area contributed by atoms with Crippen molar-refractivity contribution in [3.05, 3.63) is 24.3 Å². The van der Waals surface area contributed by atoms with Crippen LogP contribution in [0, 0.1) is 5.41 Å². The molecular formula is C15H18N2O3. The number of nitrogens with one attached hydrogen (secondary N) is 1. The number of hydrogen-bond acceptors (Lipinski definition) is 4. The molecule has 0 saturated carbocycles. The second-order valence-electron chi connectivity index (χ2n) is 5.83. The van der Waals surface area contributed by atoms with Crippen LogP contribution in [0.15, 0.2) is 24.3 Å². The molecule has 2 aliphatic rings. The zero-order valence-electron chi connectivity index (χ0n) is 11.3. The number of imide groups is 1. The number of hydrogen-bond donors (Lipinski definition) is 2. The molecule has 2 heterocycles. The lowest BCUT2D eigenvalue weighted by Crippen LogP contribution is -2.50. The highest BCUT2D eigenvalue weighted by Gasteiger charge is 2.41. The Bertz CT molecular complexity index is 530. The van der Waals surface area contributed by atoms with E-state index in [1.807, 2.05) is 12.1 Å². The second kappa shape index (κ2) is 4.81. The molecule has 0 bridgehead atoms. The largest absolute Gasteiger partial charge is 0.508 e. The Balaban J connectivity index is 1.70. The Hall–Kier alpha value is -2.04. The topological polar surface area (TPSA) is 69.6 Å². The zero-order valence-corrected chi connectivity index (χ0v) is 11.3. The fourth-order valence-electron chi connectivity index (χ4n) is 3.27. The van der Waals surface area contributed by atoms with Gasteiger partial charge in [-0.05, 0) is 30.4 Å². The third-order valence-corrected chi connectivity index (χ3v) is 4.37. The first kappa shape index (κ1) is 13.0. The zero-order chi connectivity index (χ0) is 14.2. The van der Waals surface area contributed by atoms with Gasteiger partial charge >= 0.3 is 0 Å². The van der Waals surface area contributed by atoms with E-state index in [0.29, 0.717) is 12.8 Å². The monoisotopic (exact) mass is 274 g/mol. The van der Waals surface area contributed by atoms with Crippen LogP contribution in [0.25, 0.3) is 0 Å². The van der Waals surface area contributed by atoms with Crippen molar-refractivity contribution in [2.45, 2.75) is 25.7 Å². The van der Waals surface area contributed by atoms with Crippen molar-refractivity contribution in [1.29, 1.82) is 0 Å². The molecule has 2 N–H and O–H groups in total. The Kier molecular flexibility index (Phi) is 3.12. The first-order chi connectivity index (χ1) is 9.56. The van der Waals surface area contributed by atoms with E-state index in [9.17, 15) is 14.7 Å². The standard InChI is InChI=1S/C15H18N2O3/c18-12-3-1-2-11(8-12)17-6-4-15(5-7-17)9-13(19)16-14(20)10-15/h1-3,8,18H,4-7,9-10H2,(H,16,19,20). The summed E-state index contributed by atoms with van der Waals surface area (Å²) in [7, 11) is 0. The van der Waals surface area contributed by atoms with Crippen LogP contribution in [0.5, 0.6) is 5.75 Å². The van der Waals surface area contributed by atoms with Gasteiger partial charge in [0.2, 0.25) is 11.8 Å². The summed E-state index contributed by atoms with van der Waals surface area (Å²) in [6, 6.07) is 7.19. The lowest BCUT2D eigenvalue weighted by molar-refractivity contribution is -0.138. The number of nitrogens with zero attached hydrogens (tertiary/aromatic N) is 1. The van der Waals surface area contributed by atoms with E-state index >= 15 is 0 Å². The second-order valence-corrected chi connectivity index (χ2v) is 5.83. The van der Waals surface area contributed by atoms with Crippen molar-refractivity contribution in [3.8, 4) is 5.75 Å². The Morgan fingerprint density at radius 3 is 2.35 bits per heavy atom. The molecule has 2 aliphatic heterocycles. The molecule has 2 saturated heterocycles. The molecule has 0 radical (unpaired) electrons. The normalized spacial score (nSPS) is 21.9. The predicted octanol–water partition coefficient (Wildman–Crippen LogP) is 1.42. The summed E-state index contributed by atoms with van der Waals surface area (Å²) >= 11 is 0. The third-order valence-electron chi connectivity index (χ3n) is 4.37. The minimum absolute atomic E-state index is 0.146. The van der Waals surface area contributed by atoms with Crippen molar-refractivity contribution in [2.24, 2.45) is 5.41 Å². The van der Waals surface area contributed by atoms with E-state index in [1.54, 1.807) is 12.1 Å². The summed E-state index contributed by atoms with van der Waals surface area (Å²) in [6.07, 6.45) is 2.57. The van der Waals surface area contributed by atoms with Crippen molar-refractivity contribution < 1.29 is 14.7 Å². The first-order valence-electron chi connectivity index (χ1n) is 6.93. The van der Waals surface area contributed by atoms with Gasteiger partial charge in [0.1, 0.15) is 5.75 Å². The SMILES string of the molecule is O=C1CC2(CCN(c3cccc(O)c3)CC2)CC(=O)N1. The number of aromatic hydroxyl groups is 1. The average molecular weight is 274 g/mol. The van der Waals surface area contributed by atoms with Crippen LogP contribution in [-0.4, -0.2) is 30.0 Å². The molecule has 5 heteroatoms. The van der Waals surface area contributed by atoms with Crippen molar-refractivity contribution in [3.63, 3.8) is 0 Å². The highest BCUT2D eigenvalue weighted by atomic mass is 16.3. The molecule has 3 rings (SSSR count). The van der Waals surface area contributed by atoms with Gasteiger partial charge in [-0.1, -0.05) is 6.07 Å². The predicted molar refractivity (Wildman–Crippen MR) is 74.4 cm³/mol. The molecule has 2 fully saturated rings. The number of anilines is 1. The number of phenolic OH excluding ortho intramolecular Hbond substituents is 1. The highest BCUT2D eigenvalue weighted by molar-refractivity contribution is 5.98. The number of piperidine rings is 2. The van der Waals surface area contributed by atoms with E-state index in [0.717, 1.165) is 31.6 Å². The first-order valence-corrected chi connectivity index (χ1v) is 6.93. The van der Waals surface area contributed by atoms with Gasteiger partial charge in [0.25, 0.3) is 0 Å². The van der Waals surface area contributed by atoms with Gasteiger partial charge in [0, 0.05) is 37.7 Å². The van der Waals surface area contributed by atoms with Gasteiger partial charge in [-0.25, -0.2) is 0 Å². The van der Waals surface area contributed by atoms with Crippen molar-refractivity contribution in [2.75, 3.05) is 18.0 Å². The van der Waals surface area contributed by atoms with Gasteiger partial charge in [0.15, 0.2) is 0 Å². The number of rotatable bonds is 1. The Morgan fingerprint density at radius 2 is 1.75 bits per heavy atom. The van der Waals surface area contributed by atoms with E-state index < -0.39 is 0 Å². The van der Waals surface area contributed by atoms with Crippen LogP contribution in [-0.2, 0) is 9.59 Å². The summed E-state index contributed by atoms with van der Waals surface area (Å²) < 4.78 is 0. The molecule has 20 heavy (non-hydrogen) atoms. The van der Waals surface area contributed by atoms with Crippen LogP contribution in [0.1, 0.15) is 25.7 Å². The van der Waals surface area contributed by atoms with Gasteiger partial charge in [-0.2, -0.15) is 0 Å². The van der Waals surface area contributed by atoms with Crippen molar-refractivity contribution in [1.82, 2.24) is 5.32 Å². The number of benzene rings is 1. The van der Waals surface area contributed by atoms with E-state index in [4.69, 9.17) is 0 Å². The quantitative estimate of drug-likeness (QED) is 0.760. The molecule has 5 nitrogen and oxygen atoms in total.